The summed E-state index contributed by atoms with van der Waals surface area (Å²) in [7, 11) is 0. The van der Waals surface area contributed by atoms with E-state index in [-0.39, 0.29) is 18.4 Å². The van der Waals surface area contributed by atoms with Crippen molar-refractivity contribution in [3.63, 3.8) is 0 Å². The highest BCUT2D eigenvalue weighted by Crippen LogP contribution is 2.25. The number of rotatable bonds is 1. The smallest absolute Gasteiger partial charge is 0.249 e. The lowest BCUT2D eigenvalue weighted by atomic mass is 10.2. The Morgan fingerprint density at radius 2 is 2.40 bits per heavy atom. The lowest BCUT2D eigenvalue weighted by Crippen LogP contribution is -2.57. The summed E-state index contributed by atoms with van der Waals surface area (Å²) in [6.45, 7) is 1.85. The lowest BCUT2D eigenvalue weighted by Gasteiger charge is -2.31. The fraction of sp³-hybridized carbons (Fsp3) is 0.375. The molecule has 15 heavy (non-hydrogen) atoms. The van der Waals surface area contributed by atoms with Gasteiger partial charge < -0.3 is 4.90 Å². The third kappa shape index (κ3) is 1.95. The van der Waals surface area contributed by atoms with Crippen molar-refractivity contribution in [2.75, 3.05) is 11.4 Å². The van der Waals surface area contributed by atoms with Crippen molar-refractivity contribution in [1.82, 2.24) is 10.3 Å². The number of hydrogen-bond acceptors (Lipinski definition) is 5. The highest BCUT2D eigenvalue weighted by molar-refractivity contribution is 7.14. The minimum absolute atomic E-state index is 0.136. The van der Waals surface area contributed by atoms with Crippen LogP contribution in [0.2, 0.25) is 5.15 Å². The van der Waals surface area contributed by atoms with E-state index >= 15 is 0 Å². The standard InChI is InChI=1S/C8H8ClN3O2S/c1-4-7(14)11-6(13)2-12(4)8-10-5(9)3-15-8/h3-4H,2H2,1H3,(H,11,13,14). The first-order valence-electron chi connectivity index (χ1n) is 4.29. The summed E-state index contributed by atoms with van der Waals surface area (Å²) in [4.78, 5) is 28.2. The molecular weight excluding hydrogens is 238 g/mol. The van der Waals surface area contributed by atoms with Gasteiger partial charge in [0.25, 0.3) is 0 Å². The summed E-state index contributed by atoms with van der Waals surface area (Å²) in [5.41, 5.74) is 0. The molecule has 80 valence electrons. The average Bonchev–Trinajstić information content (AvgIpc) is 2.58. The van der Waals surface area contributed by atoms with Gasteiger partial charge >= 0.3 is 0 Å². The quantitative estimate of drug-likeness (QED) is 0.738. The monoisotopic (exact) mass is 245 g/mol. The number of aromatic nitrogens is 1. The van der Waals surface area contributed by atoms with Gasteiger partial charge in [-0.3, -0.25) is 14.9 Å². The maximum absolute atomic E-state index is 11.4. The number of piperazine rings is 1. The van der Waals surface area contributed by atoms with Crippen molar-refractivity contribution in [2.24, 2.45) is 0 Å². The maximum Gasteiger partial charge on any atom is 0.249 e. The van der Waals surface area contributed by atoms with E-state index in [1.54, 1.807) is 17.2 Å². The van der Waals surface area contributed by atoms with Crippen molar-refractivity contribution in [3.05, 3.63) is 10.5 Å². The molecule has 0 aliphatic carbocycles. The molecule has 1 aliphatic heterocycles. The minimum Gasteiger partial charge on any atom is -0.327 e. The second-order valence-corrected chi connectivity index (χ2v) is 4.39. The molecule has 0 bridgehead atoms. The number of anilines is 1. The van der Waals surface area contributed by atoms with Crippen LogP contribution in [0.25, 0.3) is 0 Å². The summed E-state index contributed by atoms with van der Waals surface area (Å²) >= 11 is 7.00. The van der Waals surface area contributed by atoms with Gasteiger partial charge in [-0.1, -0.05) is 11.6 Å². The summed E-state index contributed by atoms with van der Waals surface area (Å²) in [6, 6.07) is -0.398. The normalized spacial score (nSPS) is 21.7. The number of imide groups is 1. The molecule has 5 nitrogen and oxygen atoms in total. The first kappa shape index (κ1) is 10.4. The molecule has 1 saturated heterocycles. The van der Waals surface area contributed by atoms with Crippen LogP contribution in [0.1, 0.15) is 6.92 Å². The largest absolute Gasteiger partial charge is 0.327 e. The summed E-state index contributed by atoms with van der Waals surface area (Å²) in [6.07, 6.45) is 0. The number of amides is 2. The number of nitrogens with zero attached hydrogens (tertiary/aromatic N) is 2. The van der Waals surface area contributed by atoms with E-state index in [4.69, 9.17) is 11.6 Å². The highest BCUT2D eigenvalue weighted by Gasteiger charge is 2.31. The number of nitrogens with one attached hydrogen (secondary N) is 1. The Kier molecular flexibility index (Phi) is 2.62. The molecule has 0 aromatic carbocycles. The van der Waals surface area contributed by atoms with Gasteiger partial charge in [0.05, 0.1) is 0 Å². The van der Waals surface area contributed by atoms with Gasteiger partial charge in [-0.15, -0.1) is 11.3 Å². The van der Waals surface area contributed by atoms with Crippen molar-refractivity contribution in [1.29, 1.82) is 0 Å². The Morgan fingerprint density at radius 1 is 1.67 bits per heavy atom. The molecule has 2 heterocycles. The third-order valence-electron chi connectivity index (χ3n) is 2.13. The molecule has 1 aliphatic rings. The van der Waals surface area contributed by atoms with Gasteiger partial charge in [0.15, 0.2) is 5.13 Å². The van der Waals surface area contributed by atoms with Crippen LogP contribution in [0, 0.1) is 0 Å². The van der Waals surface area contributed by atoms with Crippen LogP contribution in [0.3, 0.4) is 0 Å². The fourth-order valence-electron chi connectivity index (χ4n) is 1.33. The van der Waals surface area contributed by atoms with Crippen LogP contribution in [0.5, 0.6) is 0 Å². The van der Waals surface area contributed by atoms with Gasteiger partial charge in [0.1, 0.15) is 17.7 Å². The van der Waals surface area contributed by atoms with Crippen molar-refractivity contribution >= 4 is 39.9 Å². The average molecular weight is 246 g/mol. The Labute approximate surface area is 95.0 Å². The molecule has 2 rings (SSSR count). The van der Waals surface area contributed by atoms with Crippen LogP contribution in [-0.2, 0) is 9.59 Å². The zero-order valence-corrected chi connectivity index (χ0v) is 9.43. The van der Waals surface area contributed by atoms with Crippen LogP contribution in [0.15, 0.2) is 5.38 Å². The second-order valence-electron chi connectivity index (χ2n) is 3.17. The summed E-state index contributed by atoms with van der Waals surface area (Å²) in [5.74, 6) is -0.623. The van der Waals surface area contributed by atoms with Crippen LogP contribution >= 0.6 is 22.9 Å². The maximum atomic E-state index is 11.4. The molecule has 7 heteroatoms. The first-order valence-corrected chi connectivity index (χ1v) is 5.55. The molecule has 0 spiro atoms. The Morgan fingerprint density at radius 3 is 3.00 bits per heavy atom. The van der Waals surface area contributed by atoms with Crippen LogP contribution < -0.4 is 10.2 Å². The number of carbonyl (C=O) groups excluding carboxylic acids is 2. The van der Waals surface area contributed by atoms with Gasteiger partial charge in [-0.05, 0) is 6.92 Å². The van der Waals surface area contributed by atoms with Gasteiger partial charge in [0, 0.05) is 5.38 Å². The Balaban J connectivity index is 2.27. The topological polar surface area (TPSA) is 62.3 Å². The van der Waals surface area contributed by atoms with Gasteiger partial charge in [0.2, 0.25) is 11.8 Å². The van der Waals surface area contributed by atoms with E-state index < -0.39 is 6.04 Å². The predicted molar refractivity (Wildman–Crippen MR) is 57.1 cm³/mol. The van der Waals surface area contributed by atoms with Crippen molar-refractivity contribution < 1.29 is 9.59 Å². The van der Waals surface area contributed by atoms with Gasteiger partial charge in [-0.25, -0.2) is 4.98 Å². The van der Waals surface area contributed by atoms with E-state index in [1.807, 2.05) is 0 Å². The summed E-state index contributed by atoms with van der Waals surface area (Å²) < 4.78 is 0. The lowest BCUT2D eigenvalue weighted by molar-refractivity contribution is -0.132. The van der Waals surface area contributed by atoms with E-state index in [9.17, 15) is 9.59 Å². The fourth-order valence-corrected chi connectivity index (χ4v) is 2.35. The van der Waals surface area contributed by atoms with Crippen LogP contribution in [0.4, 0.5) is 5.13 Å². The molecule has 1 aromatic heterocycles. The number of thiazole rings is 1. The van der Waals surface area contributed by atoms with E-state index in [0.717, 1.165) is 0 Å². The molecule has 0 saturated carbocycles. The van der Waals surface area contributed by atoms with E-state index in [0.29, 0.717) is 10.3 Å². The number of carbonyl (C=O) groups is 2. The summed E-state index contributed by atoms with van der Waals surface area (Å²) in [5, 5.41) is 4.90. The molecule has 2 amide bonds. The Hall–Kier alpha value is -1.14. The highest BCUT2D eigenvalue weighted by atomic mass is 35.5. The predicted octanol–water partition coefficient (Wildman–Crippen LogP) is 0.648. The van der Waals surface area contributed by atoms with Crippen LogP contribution in [-0.4, -0.2) is 29.4 Å². The molecule has 1 atom stereocenters. The zero-order valence-electron chi connectivity index (χ0n) is 7.86. The third-order valence-corrected chi connectivity index (χ3v) is 3.33. The van der Waals surface area contributed by atoms with Crippen molar-refractivity contribution in [3.8, 4) is 0 Å². The second kappa shape index (κ2) is 3.79. The van der Waals surface area contributed by atoms with E-state index in [1.165, 1.54) is 11.3 Å². The van der Waals surface area contributed by atoms with E-state index in [2.05, 4.69) is 10.3 Å². The minimum atomic E-state index is -0.398. The molecular formula is C8H8ClN3O2S. The molecule has 0 radical (unpaired) electrons. The Bertz CT molecular complexity index is 420. The molecule has 1 fully saturated rings. The SMILES string of the molecule is CC1C(=O)NC(=O)CN1c1nc(Cl)cs1. The molecule has 1 unspecified atom stereocenters. The number of halogens is 1. The van der Waals surface area contributed by atoms with Gasteiger partial charge in [-0.2, -0.15) is 0 Å². The molecule has 1 N–H and O–H groups in total. The van der Waals surface area contributed by atoms with Crippen molar-refractivity contribution in [2.45, 2.75) is 13.0 Å². The molecule has 1 aromatic rings. The first-order chi connectivity index (χ1) is 7.08. The zero-order chi connectivity index (χ0) is 11.0. The number of hydrogen-bond donors (Lipinski definition) is 1.